The molecule has 3 aromatic rings. The quantitative estimate of drug-likeness (QED) is 0.394. The number of ether oxygens (including phenoxy) is 1. The molecule has 0 aliphatic heterocycles. The molecule has 1 saturated carbocycles. The first-order valence-corrected chi connectivity index (χ1v) is 13.3. The topological polar surface area (TPSA) is 58.6 Å². The Morgan fingerprint density at radius 3 is 2.32 bits per heavy atom. The lowest BCUT2D eigenvalue weighted by molar-refractivity contribution is -0.141. The Hall–Kier alpha value is -3.60. The minimum absolute atomic E-state index is 0.0619. The molecule has 0 unspecified atom stereocenters. The van der Waals surface area contributed by atoms with Crippen LogP contribution in [0.2, 0.25) is 0 Å². The molecule has 1 atom stereocenters. The number of amides is 2. The second-order valence-electron chi connectivity index (χ2n) is 10.1. The van der Waals surface area contributed by atoms with Gasteiger partial charge in [-0.3, -0.25) is 9.59 Å². The van der Waals surface area contributed by atoms with Crippen molar-refractivity contribution in [3.63, 3.8) is 0 Å². The lowest BCUT2D eigenvalue weighted by atomic mass is 9.94. The maximum absolute atomic E-state index is 13.9. The summed E-state index contributed by atoms with van der Waals surface area (Å²) in [5, 5.41) is 3.30. The minimum atomic E-state index is -0.618. The highest BCUT2D eigenvalue weighted by Gasteiger charge is 2.32. The fourth-order valence-electron chi connectivity index (χ4n) is 5.16. The second-order valence-corrected chi connectivity index (χ2v) is 10.1. The van der Waals surface area contributed by atoms with E-state index in [0.717, 1.165) is 53.7 Å². The van der Waals surface area contributed by atoms with E-state index in [1.807, 2.05) is 85.8 Å². The third-order valence-corrected chi connectivity index (χ3v) is 7.15. The zero-order valence-corrected chi connectivity index (χ0v) is 22.0. The largest absolute Gasteiger partial charge is 0.497 e. The van der Waals surface area contributed by atoms with Crippen LogP contribution in [0.15, 0.2) is 78.9 Å². The van der Waals surface area contributed by atoms with E-state index in [0.29, 0.717) is 13.0 Å². The van der Waals surface area contributed by atoms with Crippen LogP contribution in [0.25, 0.3) is 0 Å². The van der Waals surface area contributed by atoms with Crippen molar-refractivity contribution in [2.45, 2.75) is 70.5 Å². The Labute approximate surface area is 220 Å². The van der Waals surface area contributed by atoms with E-state index in [1.54, 1.807) is 12.0 Å². The van der Waals surface area contributed by atoms with Crippen LogP contribution in [0.4, 0.5) is 0 Å². The molecule has 1 aliphatic carbocycles. The van der Waals surface area contributed by atoms with Gasteiger partial charge in [-0.2, -0.15) is 0 Å². The molecule has 0 radical (unpaired) electrons. The van der Waals surface area contributed by atoms with Crippen LogP contribution >= 0.6 is 0 Å². The van der Waals surface area contributed by atoms with Crippen LogP contribution in [-0.4, -0.2) is 35.9 Å². The number of carbonyl (C=O) groups excluding carboxylic acids is 2. The first kappa shape index (κ1) is 26.5. The van der Waals surface area contributed by atoms with Gasteiger partial charge in [-0.25, -0.2) is 0 Å². The Bertz CT molecular complexity index is 1170. The van der Waals surface area contributed by atoms with Gasteiger partial charge in [-0.05, 0) is 48.6 Å². The monoisotopic (exact) mass is 498 g/mol. The molecule has 2 amide bonds. The van der Waals surface area contributed by atoms with Crippen LogP contribution in [0.1, 0.15) is 54.4 Å². The van der Waals surface area contributed by atoms with Crippen molar-refractivity contribution in [3.05, 3.63) is 101 Å². The maximum Gasteiger partial charge on any atom is 0.243 e. The highest BCUT2D eigenvalue weighted by molar-refractivity contribution is 5.89. The van der Waals surface area contributed by atoms with Crippen LogP contribution in [0, 0.1) is 6.92 Å². The van der Waals surface area contributed by atoms with Crippen LogP contribution in [0.5, 0.6) is 5.75 Å². The van der Waals surface area contributed by atoms with Crippen molar-refractivity contribution in [1.82, 2.24) is 10.2 Å². The number of carbonyl (C=O) groups is 2. The van der Waals surface area contributed by atoms with E-state index in [2.05, 4.69) is 5.32 Å². The smallest absolute Gasteiger partial charge is 0.243 e. The number of nitrogens with one attached hydrogen (secondary N) is 1. The van der Waals surface area contributed by atoms with Gasteiger partial charge in [-0.1, -0.05) is 91.6 Å². The first-order chi connectivity index (χ1) is 18.0. The standard InChI is InChI=1S/C32H38N2O3/c1-24-11-9-14-26(19-24)22-31(35)34(23-27-15-10-18-29(20-27)37-2)30(21-25-12-5-3-6-13-25)32(36)33-28-16-7-4-8-17-28/h3,5-6,9-15,18-20,28,30H,4,7-8,16-17,21-23H2,1-2H3,(H,33,36)/t30-/m1/s1. The third kappa shape index (κ3) is 7.69. The van der Waals surface area contributed by atoms with Crippen molar-refractivity contribution in [2.24, 2.45) is 0 Å². The number of benzene rings is 3. The van der Waals surface area contributed by atoms with Crippen molar-refractivity contribution in [2.75, 3.05) is 7.11 Å². The third-order valence-electron chi connectivity index (χ3n) is 7.15. The fourth-order valence-corrected chi connectivity index (χ4v) is 5.16. The summed E-state index contributed by atoms with van der Waals surface area (Å²) in [5.74, 6) is 0.597. The molecular formula is C32H38N2O3. The van der Waals surface area contributed by atoms with Gasteiger partial charge in [0.15, 0.2) is 0 Å². The molecule has 0 aromatic heterocycles. The molecular weight excluding hydrogens is 460 g/mol. The summed E-state index contributed by atoms with van der Waals surface area (Å²) in [7, 11) is 1.63. The Balaban J connectivity index is 1.66. The molecule has 194 valence electrons. The van der Waals surface area contributed by atoms with E-state index in [9.17, 15) is 9.59 Å². The number of hydrogen-bond acceptors (Lipinski definition) is 3. The first-order valence-electron chi connectivity index (χ1n) is 13.3. The minimum Gasteiger partial charge on any atom is -0.497 e. The lowest BCUT2D eigenvalue weighted by Gasteiger charge is -2.33. The highest BCUT2D eigenvalue weighted by atomic mass is 16.5. The van der Waals surface area contributed by atoms with Crippen molar-refractivity contribution in [1.29, 1.82) is 0 Å². The summed E-state index contributed by atoms with van der Waals surface area (Å²) in [6.07, 6.45) is 6.18. The molecule has 0 bridgehead atoms. The molecule has 37 heavy (non-hydrogen) atoms. The number of nitrogens with zero attached hydrogens (tertiary/aromatic N) is 1. The van der Waals surface area contributed by atoms with E-state index >= 15 is 0 Å². The predicted octanol–water partition coefficient (Wildman–Crippen LogP) is 5.64. The van der Waals surface area contributed by atoms with Gasteiger partial charge < -0.3 is 15.0 Å². The highest BCUT2D eigenvalue weighted by Crippen LogP contribution is 2.22. The lowest BCUT2D eigenvalue weighted by Crippen LogP contribution is -2.53. The molecule has 1 aliphatic rings. The molecule has 0 spiro atoms. The summed E-state index contributed by atoms with van der Waals surface area (Å²) in [4.78, 5) is 29.5. The zero-order valence-electron chi connectivity index (χ0n) is 22.0. The zero-order chi connectivity index (χ0) is 26.0. The Morgan fingerprint density at radius 1 is 0.892 bits per heavy atom. The van der Waals surface area contributed by atoms with Gasteiger partial charge in [0, 0.05) is 19.0 Å². The van der Waals surface area contributed by atoms with Crippen LogP contribution in [-0.2, 0) is 29.0 Å². The number of rotatable bonds is 10. The fraction of sp³-hybridized carbons (Fsp3) is 0.375. The van der Waals surface area contributed by atoms with E-state index in [1.165, 1.54) is 6.42 Å². The van der Waals surface area contributed by atoms with Crippen LogP contribution < -0.4 is 10.1 Å². The number of methoxy groups -OCH3 is 1. The predicted molar refractivity (Wildman–Crippen MR) is 147 cm³/mol. The second kappa shape index (κ2) is 13.1. The van der Waals surface area contributed by atoms with Gasteiger partial charge in [0.05, 0.1) is 13.5 Å². The van der Waals surface area contributed by atoms with E-state index in [-0.39, 0.29) is 24.3 Å². The summed E-state index contributed by atoms with van der Waals surface area (Å²) >= 11 is 0. The summed E-state index contributed by atoms with van der Waals surface area (Å²) in [6, 6.07) is 25.3. The van der Waals surface area contributed by atoms with Gasteiger partial charge in [0.2, 0.25) is 11.8 Å². The van der Waals surface area contributed by atoms with Crippen molar-refractivity contribution in [3.8, 4) is 5.75 Å². The summed E-state index contributed by atoms with van der Waals surface area (Å²) in [6.45, 7) is 2.36. The number of aryl methyl sites for hydroxylation is 1. The van der Waals surface area contributed by atoms with Crippen molar-refractivity contribution < 1.29 is 14.3 Å². The summed E-state index contributed by atoms with van der Waals surface area (Å²) in [5.41, 5.74) is 4.03. The van der Waals surface area contributed by atoms with E-state index < -0.39 is 6.04 Å². The number of hydrogen-bond donors (Lipinski definition) is 1. The SMILES string of the molecule is COc1cccc(CN(C(=O)Cc2cccc(C)c2)[C@H](Cc2ccccc2)C(=O)NC2CCCCC2)c1. The molecule has 5 nitrogen and oxygen atoms in total. The Morgan fingerprint density at radius 2 is 1.59 bits per heavy atom. The maximum atomic E-state index is 13.9. The van der Waals surface area contributed by atoms with Gasteiger partial charge in [0.1, 0.15) is 11.8 Å². The molecule has 0 heterocycles. The molecule has 1 fully saturated rings. The average molecular weight is 499 g/mol. The van der Waals surface area contributed by atoms with E-state index in [4.69, 9.17) is 4.74 Å². The van der Waals surface area contributed by atoms with Crippen molar-refractivity contribution >= 4 is 11.8 Å². The summed E-state index contributed by atoms with van der Waals surface area (Å²) < 4.78 is 5.43. The van der Waals surface area contributed by atoms with Gasteiger partial charge in [-0.15, -0.1) is 0 Å². The molecule has 4 rings (SSSR count). The normalized spacial score (nSPS) is 14.5. The molecule has 1 N–H and O–H groups in total. The van der Waals surface area contributed by atoms with Gasteiger partial charge in [0.25, 0.3) is 0 Å². The molecule has 5 heteroatoms. The molecule has 3 aromatic carbocycles. The van der Waals surface area contributed by atoms with Crippen LogP contribution in [0.3, 0.4) is 0 Å². The Kier molecular flexibility index (Phi) is 9.36. The average Bonchev–Trinajstić information content (AvgIpc) is 2.92. The molecule has 0 saturated heterocycles. The van der Waals surface area contributed by atoms with Gasteiger partial charge >= 0.3 is 0 Å².